The number of urea groups is 1. The minimum Gasteiger partial charge on any atom is -0.477 e. The van der Waals surface area contributed by atoms with E-state index < -0.39 is 59.1 Å². The molecule has 0 unspecified atom stereocenters. The lowest BCUT2D eigenvalue weighted by Gasteiger charge is -2.14. The van der Waals surface area contributed by atoms with E-state index in [-0.39, 0.29) is 11.1 Å². The van der Waals surface area contributed by atoms with Gasteiger partial charge in [-0.3, -0.25) is 5.32 Å². The zero-order chi connectivity index (χ0) is 22.9. The van der Waals surface area contributed by atoms with Crippen LogP contribution in [0, 0.1) is 0 Å². The highest BCUT2D eigenvalue weighted by atomic mass is 32.1. The van der Waals surface area contributed by atoms with Gasteiger partial charge in [-0.05, 0) is 35.3 Å². The summed E-state index contributed by atoms with van der Waals surface area (Å²) >= 11 is 0.526. The summed E-state index contributed by atoms with van der Waals surface area (Å²) in [5, 5.41) is 11.4. The Morgan fingerprint density at radius 2 is 1.63 bits per heavy atom. The van der Waals surface area contributed by atoms with Gasteiger partial charge in [-0.2, -0.15) is 30.7 Å². The van der Waals surface area contributed by atoms with Crippen molar-refractivity contribution in [2.75, 3.05) is 19.4 Å². The van der Waals surface area contributed by atoms with Gasteiger partial charge in [0.05, 0.1) is 11.1 Å². The number of nitrogens with zero attached hydrogens (tertiary/aromatic N) is 2. The van der Waals surface area contributed by atoms with Gasteiger partial charge >= 0.3 is 24.4 Å². The summed E-state index contributed by atoms with van der Waals surface area (Å²) in [5.41, 5.74) is -4.16. The van der Waals surface area contributed by atoms with Gasteiger partial charge in [-0.15, -0.1) is 0 Å². The summed E-state index contributed by atoms with van der Waals surface area (Å²) in [7, 11) is 2.78. The molecule has 0 saturated carbocycles. The molecule has 0 aliphatic heterocycles. The maximum atomic E-state index is 12.9. The number of rotatable bonds is 5. The standard InChI is InChI=1S/C16H13F6N3O4S/c1-25(2)14(28)23-12-10(13(26)27)11(24-30-12)29-6-7-3-8(15(17,18)19)5-9(4-7)16(20,21)22/h3-5H,6H2,1-2H3,(H,23,28)(H,26,27). The van der Waals surface area contributed by atoms with E-state index in [2.05, 4.69) is 9.69 Å². The van der Waals surface area contributed by atoms with Crippen molar-refractivity contribution in [3.8, 4) is 5.88 Å². The number of carbonyl (C=O) groups is 2. The van der Waals surface area contributed by atoms with Crippen LogP contribution in [0.2, 0.25) is 0 Å². The maximum Gasteiger partial charge on any atom is 0.416 e. The number of hydrogen-bond donors (Lipinski definition) is 2. The molecule has 164 valence electrons. The summed E-state index contributed by atoms with van der Waals surface area (Å²) in [4.78, 5) is 24.3. The Bertz CT molecular complexity index is 923. The third kappa shape index (κ3) is 5.52. The quantitative estimate of drug-likeness (QED) is 0.643. The average molecular weight is 457 g/mol. The number of nitrogens with one attached hydrogen (secondary N) is 1. The number of alkyl halides is 6. The van der Waals surface area contributed by atoms with Gasteiger partial charge in [-0.25, -0.2) is 9.59 Å². The van der Waals surface area contributed by atoms with Gasteiger partial charge in [0, 0.05) is 14.1 Å². The van der Waals surface area contributed by atoms with Crippen LogP contribution in [-0.4, -0.2) is 40.5 Å². The molecule has 1 aromatic carbocycles. The minimum atomic E-state index is -5.04. The Balaban J connectivity index is 2.34. The van der Waals surface area contributed by atoms with Gasteiger partial charge in [0.25, 0.3) is 0 Å². The summed E-state index contributed by atoms with van der Waals surface area (Å²) in [6, 6.07) is 0.192. The normalized spacial score (nSPS) is 11.9. The first-order valence-electron chi connectivity index (χ1n) is 7.82. The topological polar surface area (TPSA) is 91.8 Å². The number of ether oxygens (including phenoxy) is 1. The van der Waals surface area contributed by atoms with Crippen LogP contribution < -0.4 is 10.1 Å². The number of amides is 2. The molecule has 7 nitrogen and oxygen atoms in total. The number of aromatic nitrogens is 1. The minimum absolute atomic E-state index is 0.0378. The van der Waals surface area contributed by atoms with E-state index in [1.807, 2.05) is 0 Å². The number of hydrogen-bond acceptors (Lipinski definition) is 5. The first-order chi connectivity index (χ1) is 13.7. The maximum absolute atomic E-state index is 12.9. The molecular weight excluding hydrogens is 444 g/mol. The van der Waals surface area contributed by atoms with Crippen molar-refractivity contribution in [2.24, 2.45) is 0 Å². The van der Waals surface area contributed by atoms with Gasteiger partial charge in [0.15, 0.2) is 5.56 Å². The fourth-order valence-corrected chi connectivity index (χ4v) is 2.83. The molecule has 2 amide bonds. The SMILES string of the molecule is CN(C)C(=O)Nc1snc(OCc2cc(C(F)(F)F)cc(C(F)(F)F)c2)c1C(=O)O. The number of carboxylic acids is 1. The Morgan fingerprint density at radius 1 is 1.10 bits per heavy atom. The van der Waals surface area contributed by atoms with Crippen LogP contribution in [0.15, 0.2) is 18.2 Å². The Hall–Kier alpha value is -3.03. The highest BCUT2D eigenvalue weighted by Gasteiger charge is 2.37. The fraction of sp³-hybridized carbons (Fsp3) is 0.312. The van der Waals surface area contributed by atoms with Crippen molar-refractivity contribution in [1.82, 2.24) is 9.27 Å². The van der Waals surface area contributed by atoms with E-state index in [0.29, 0.717) is 23.7 Å². The van der Waals surface area contributed by atoms with E-state index >= 15 is 0 Å². The van der Waals surface area contributed by atoms with Crippen molar-refractivity contribution in [3.05, 3.63) is 40.5 Å². The molecule has 0 aliphatic rings. The predicted molar refractivity (Wildman–Crippen MR) is 92.6 cm³/mol. The van der Waals surface area contributed by atoms with Crippen molar-refractivity contribution in [2.45, 2.75) is 19.0 Å². The molecule has 14 heteroatoms. The zero-order valence-corrected chi connectivity index (χ0v) is 16.0. The van der Waals surface area contributed by atoms with Crippen LogP contribution in [0.3, 0.4) is 0 Å². The lowest BCUT2D eigenvalue weighted by molar-refractivity contribution is -0.143. The van der Waals surface area contributed by atoms with Crippen LogP contribution >= 0.6 is 11.5 Å². The van der Waals surface area contributed by atoms with Crippen LogP contribution in [0.25, 0.3) is 0 Å². The van der Waals surface area contributed by atoms with Gasteiger partial charge in [0.2, 0.25) is 5.88 Å². The molecule has 1 heterocycles. The van der Waals surface area contributed by atoms with Crippen molar-refractivity contribution >= 4 is 28.5 Å². The van der Waals surface area contributed by atoms with Crippen molar-refractivity contribution in [1.29, 1.82) is 0 Å². The van der Waals surface area contributed by atoms with Crippen molar-refractivity contribution < 1.29 is 45.8 Å². The lowest BCUT2D eigenvalue weighted by atomic mass is 10.1. The van der Waals surface area contributed by atoms with Crippen LogP contribution in [0.5, 0.6) is 5.88 Å². The zero-order valence-electron chi connectivity index (χ0n) is 15.2. The van der Waals surface area contributed by atoms with E-state index in [1.54, 1.807) is 0 Å². The summed E-state index contributed by atoms with van der Waals surface area (Å²) < 4.78 is 86.2. The number of aromatic carboxylic acids is 1. The molecule has 0 fully saturated rings. The molecule has 1 aromatic heterocycles. The Labute approximate surface area is 169 Å². The predicted octanol–water partition coefficient (Wildman–Crippen LogP) is 4.55. The average Bonchev–Trinajstić information content (AvgIpc) is 3.00. The second-order valence-corrected chi connectivity index (χ2v) is 6.80. The van der Waals surface area contributed by atoms with E-state index in [1.165, 1.54) is 14.1 Å². The van der Waals surface area contributed by atoms with Crippen molar-refractivity contribution in [3.63, 3.8) is 0 Å². The second-order valence-electron chi connectivity index (χ2n) is 6.02. The highest BCUT2D eigenvalue weighted by Crippen LogP contribution is 2.37. The van der Waals surface area contributed by atoms with Gasteiger partial charge in [0.1, 0.15) is 11.6 Å². The van der Waals surface area contributed by atoms with E-state index in [4.69, 9.17) is 4.74 Å². The third-order valence-electron chi connectivity index (χ3n) is 3.52. The van der Waals surface area contributed by atoms with E-state index in [9.17, 15) is 41.0 Å². The Morgan fingerprint density at radius 3 is 2.07 bits per heavy atom. The molecule has 0 radical (unpaired) electrons. The third-order valence-corrected chi connectivity index (χ3v) is 4.27. The molecule has 0 saturated heterocycles. The highest BCUT2D eigenvalue weighted by molar-refractivity contribution is 7.11. The Kier molecular flexibility index (Phi) is 6.49. The number of benzene rings is 1. The smallest absolute Gasteiger partial charge is 0.416 e. The first kappa shape index (κ1) is 23.3. The number of carboxylic acid groups (broad SMARTS) is 1. The fourth-order valence-electron chi connectivity index (χ4n) is 2.11. The molecule has 0 atom stereocenters. The number of carbonyl (C=O) groups excluding carboxylic acids is 1. The molecule has 30 heavy (non-hydrogen) atoms. The molecule has 0 spiro atoms. The molecule has 0 aliphatic carbocycles. The van der Waals surface area contributed by atoms with Gasteiger partial charge in [-0.1, -0.05) is 0 Å². The number of anilines is 1. The van der Waals surface area contributed by atoms with Crippen LogP contribution in [0.1, 0.15) is 27.0 Å². The molecule has 2 aromatic rings. The summed E-state index contributed by atoms with van der Waals surface area (Å²) in [6.07, 6.45) is -10.1. The molecule has 2 rings (SSSR count). The summed E-state index contributed by atoms with van der Waals surface area (Å²) in [6.45, 7) is -0.821. The second kappa shape index (κ2) is 8.38. The summed E-state index contributed by atoms with van der Waals surface area (Å²) in [5.74, 6) is -2.12. The van der Waals surface area contributed by atoms with Crippen LogP contribution in [-0.2, 0) is 19.0 Å². The lowest BCUT2D eigenvalue weighted by Crippen LogP contribution is -2.27. The molecule has 2 N–H and O–H groups in total. The first-order valence-corrected chi connectivity index (χ1v) is 8.60. The van der Waals surface area contributed by atoms with Crippen LogP contribution in [0.4, 0.5) is 36.1 Å². The van der Waals surface area contributed by atoms with Gasteiger partial charge < -0.3 is 14.7 Å². The molecule has 0 bridgehead atoms. The number of halogens is 6. The largest absolute Gasteiger partial charge is 0.477 e. The molecular formula is C16H13F6N3O4S. The monoisotopic (exact) mass is 457 g/mol. The van der Waals surface area contributed by atoms with E-state index in [0.717, 1.165) is 4.90 Å².